The monoisotopic (exact) mass is 400 g/mol. The lowest BCUT2D eigenvalue weighted by atomic mass is 10.0. The molecule has 0 fully saturated rings. The van der Waals surface area contributed by atoms with Gasteiger partial charge >= 0.3 is 5.97 Å². The van der Waals surface area contributed by atoms with Crippen molar-refractivity contribution in [3.8, 4) is 11.8 Å². The number of hydrogen-bond acceptors (Lipinski definition) is 5. The summed E-state index contributed by atoms with van der Waals surface area (Å²) in [5.41, 5.74) is 2.77. The number of amides is 1. The highest BCUT2D eigenvalue weighted by Gasteiger charge is 2.12. The fourth-order valence-electron chi connectivity index (χ4n) is 2.81. The summed E-state index contributed by atoms with van der Waals surface area (Å²) in [5, 5.41) is 11.6. The van der Waals surface area contributed by atoms with E-state index in [0.29, 0.717) is 23.4 Å². The molecule has 0 saturated heterocycles. The number of carbonyl (C=O) groups excluding carboxylic acids is 2. The molecule has 0 atom stereocenters. The summed E-state index contributed by atoms with van der Waals surface area (Å²) in [4.78, 5) is 24.0. The number of anilines is 1. The molecule has 0 aliphatic heterocycles. The fourth-order valence-corrected chi connectivity index (χ4v) is 2.81. The molecule has 0 aliphatic carbocycles. The molecule has 0 aromatic heterocycles. The van der Waals surface area contributed by atoms with Gasteiger partial charge in [0.2, 0.25) is 0 Å². The van der Waals surface area contributed by atoms with Gasteiger partial charge in [0, 0.05) is 6.42 Å². The van der Waals surface area contributed by atoms with Crippen molar-refractivity contribution < 1.29 is 19.1 Å². The topological polar surface area (TPSA) is 88.4 Å². The maximum atomic E-state index is 12.0. The Morgan fingerprint density at radius 2 is 1.57 bits per heavy atom. The van der Waals surface area contributed by atoms with E-state index in [2.05, 4.69) is 5.32 Å². The molecule has 1 amide bonds. The number of nitriles is 1. The zero-order valence-corrected chi connectivity index (χ0v) is 16.2. The first-order valence-corrected chi connectivity index (χ1v) is 9.35. The van der Waals surface area contributed by atoms with Crippen LogP contribution in [-0.2, 0) is 20.7 Å². The zero-order chi connectivity index (χ0) is 21.2. The standard InChI is InChI=1S/C24H20N2O4/c25-15-20-11-4-6-12-21(20)26-23(27)16-30-24(28)17-29-22-13-7-5-10-19(22)14-18-8-2-1-3-9-18/h1-13H,14,16-17H2,(H,26,27). The Kier molecular flexibility index (Phi) is 7.17. The molecule has 0 spiro atoms. The van der Waals surface area contributed by atoms with Crippen LogP contribution in [0.5, 0.6) is 5.75 Å². The molecule has 0 radical (unpaired) electrons. The highest BCUT2D eigenvalue weighted by atomic mass is 16.6. The number of para-hydroxylation sites is 2. The van der Waals surface area contributed by atoms with Crippen LogP contribution in [0.4, 0.5) is 5.69 Å². The number of esters is 1. The van der Waals surface area contributed by atoms with E-state index in [4.69, 9.17) is 14.7 Å². The van der Waals surface area contributed by atoms with Crippen LogP contribution in [-0.4, -0.2) is 25.1 Å². The molecular weight excluding hydrogens is 380 g/mol. The van der Waals surface area contributed by atoms with Gasteiger partial charge < -0.3 is 14.8 Å². The van der Waals surface area contributed by atoms with Gasteiger partial charge in [-0.25, -0.2) is 4.79 Å². The third kappa shape index (κ3) is 5.94. The molecule has 0 heterocycles. The number of nitrogens with one attached hydrogen (secondary N) is 1. The summed E-state index contributed by atoms with van der Waals surface area (Å²) in [6, 6.07) is 26.0. The van der Waals surface area contributed by atoms with E-state index >= 15 is 0 Å². The maximum absolute atomic E-state index is 12.0. The Hall–Kier alpha value is -4.11. The first kappa shape index (κ1) is 20.6. The van der Waals surface area contributed by atoms with E-state index in [-0.39, 0.29) is 6.61 Å². The average molecular weight is 400 g/mol. The van der Waals surface area contributed by atoms with E-state index in [1.54, 1.807) is 30.3 Å². The van der Waals surface area contributed by atoms with Crippen molar-refractivity contribution in [2.45, 2.75) is 6.42 Å². The molecule has 3 aromatic rings. The summed E-state index contributed by atoms with van der Waals surface area (Å²) >= 11 is 0. The Labute approximate surface area is 174 Å². The Balaban J connectivity index is 1.49. The van der Waals surface area contributed by atoms with Gasteiger partial charge in [-0.05, 0) is 29.3 Å². The van der Waals surface area contributed by atoms with Crippen molar-refractivity contribution in [3.63, 3.8) is 0 Å². The minimum atomic E-state index is -0.659. The van der Waals surface area contributed by atoms with Crippen LogP contribution in [0.1, 0.15) is 16.7 Å². The van der Waals surface area contributed by atoms with Crippen LogP contribution < -0.4 is 10.1 Å². The van der Waals surface area contributed by atoms with Crippen LogP contribution in [0.2, 0.25) is 0 Å². The molecule has 30 heavy (non-hydrogen) atoms. The van der Waals surface area contributed by atoms with Gasteiger partial charge in [0.25, 0.3) is 5.91 Å². The van der Waals surface area contributed by atoms with Crippen molar-refractivity contribution >= 4 is 17.6 Å². The van der Waals surface area contributed by atoms with Crippen molar-refractivity contribution in [3.05, 3.63) is 95.6 Å². The summed E-state index contributed by atoms with van der Waals surface area (Å²) < 4.78 is 10.6. The van der Waals surface area contributed by atoms with E-state index < -0.39 is 18.5 Å². The van der Waals surface area contributed by atoms with E-state index in [0.717, 1.165) is 11.1 Å². The van der Waals surface area contributed by atoms with E-state index in [9.17, 15) is 9.59 Å². The summed E-state index contributed by atoms with van der Waals surface area (Å²) in [6.45, 7) is -0.776. The molecule has 3 aromatic carbocycles. The lowest BCUT2D eigenvalue weighted by Crippen LogP contribution is -2.24. The normalized spacial score (nSPS) is 9.97. The molecule has 0 bridgehead atoms. The fraction of sp³-hybridized carbons (Fsp3) is 0.125. The van der Waals surface area contributed by atoms with Crippen LogP contribution in [0, 0.1) is 11.3 Å². The third-order valence-electron chi connectivity index (χ3n) is 4.24. The molecule has 0 unspecified atom stereocenters. The minimum Gasteiger partial charge on any atom is -0.482 e. The predicted molar refractivity (Wildman–Crippen MR) is 112 cm³/mol. The molecule has 1 N–H and O–H groups in total. The SMILES string of the molecule is N#Cc1ccccc1NC(=O)COC(=O)COc1ccccc1Cc1ccccc1. The molecule has 150 valence electrons. The van der Waals surface area contributed by atoms with Crippen molar-refractivity contribution in [2.75, 3.05) is 18.5 Å². The van der Waals surface area contributed by atoms with E-state index in [1.807, 2.05) is 54.6 Å². The average Bonchev–Trinajstić information content (AvgIpc) is 2.78. The Morgan fingerprint density at radius 3 is 2.37 bits per heavy atom. The Morgan fingerprint density at radius 1 is 0.867 bits per heavy atom. The first-order chi connectivity index (χ1) is 14.7. The van der Waals surface area contributed by atoms with Crippen LogP contribution in [0.15, 0.2) is 78.9 Å². The number of benzene rings is 3. The van der Waals surface area contributed by atoms with Gasteiger partial charge in [-0.3, -0.25) is 4.79 Å². The Bertz CT molecular complexity index is 1060. The highest BCUT2D eigenvalue weighted by Crippen LogP contribution is 2.21. The highest BCUT2D eigenvalue weighted by molar-refractivity contribution is 5.94. The number of rotatable bonds is 8. The molecule has 6 heteroatoms. The lowest BCUT2D eigenvalue weighted by Gasteiger charge is -2.12. The summed E-state index contributed by atoms with van der Waals surface area (Å²) in [7, 11) is 0. The zero-order valence-electron chi connectivity index (χ0n) is 16.2. The van der Waals surface area contributed by atoms with Gasteiger partial charge in [-0.1, -0.05) is 60.7 Å². The molecule has 3 rings (SSSR count). The summed E-state index contributed by atoms with van der Waals surface area (Å²) in [6.07, 6.45) is 0.673. The third-order valence-corrected chi connectivity index (χ3v) is 4.24. The predicted octanol–water partition coefficient (Wildman–Crippen LogP) is 3.71. The summed E-state index contributed by atoms with van der Waals surface area (Å²) in [5.74, 6) is -0.602. The number of carbonyl (C=O) groups is 2. The maximum Gasteiger partial charge on any atom is 0.344 e. The van der Waals surface area contributed by atoms with Crippen LogP contribution in [0.25, 0.3) is 0 Å². The van der Waals surface area contributed by atoms with E-state index in [1.165, 1.54) is 0 Å². The largest absolute Gasteiger partial charge is 0.482 e. The number of hydrogen-bond donors (Lipinski definition) is 1. The van der Waals surface area contributed by atoms with Gasteiger partial charge in [-0.15, -0.1) is 0 Å². The van der Waals surface area contributed by atoms with Crippen molar-refractivity contribution in [1.29, 1.82) is 5.26 Å². The number of ether oxygens (including phenoxy) is 2. The second kappa shape index (κ2) is 10.4. The second-order valence-electron chi connectivity index (χ2n) is 6.43. The van der Waals surface area contributed by atoms with Gasteiger partial charge in [0.1, 0.15) is 11.8 Å². The van der Waals surface area contributed by atoms with Gasteiger partial charge in [-0.2, -0.15) is 5.26 Å². The van der Waals surface area contributed by atoms with Crippen molar-refractivity contribution in [1.82, 2.24) is 0 Å². The van der Waals surface area contributed by atoms with Crippen LogP contribution in [0.3, 0.4) is 0 Å². The van der Waals surface area contributed by atoms with Gasteiger partial charge in [0.05, 0.1) is 11.3 Å². The molecule has 0 saturated carbocycles. The lowest BCUT2D eigenvalue weighted by molar-refractivity contribution is -0.149. The molecule has 6 nitrogen and oxygen atoms in total. The second-order valence-corrected chi connectivity index (χ2v) is 6.43. The van der Waals surface area contributed by atoms with Crippen LogP contribution >= 0.6 is 0 Å². The molecular formula is C24H20N2O4. The quantitative estimate of drug-likeness (QED) is 0.583. The molecule has 0 aliphatic rings. The minimum absolute atomic E-state index is 0.312. The van der Waals surface area contributed by atoms with Gasteiger partial charge in [0.15, 0.2) is 13.2 Å². The number of nitrogens with zero attached hydrogens (tertiary/aromatic N) is 1. The first-order valence-electron chi connectivity index (χ1n) is 9.35. The smallest absolute Gasteiger partial charge is 0.344 e. The van der Waals surface area contributed by atoms with Crippen molar-refractivity contribution in [2.24, 2.45) is 0 Å².